The first-order valence-corrected chi connectivity index (χ1v) is 6.86. The average molecular weight is 269 g/mol. The maximum absolute atomic E-state index is 11.5. The summed E-state index contributed by atoms with van der Waals surface area (Å²) in [5.74, 6) is -0.00393. The molecule has 0 aliphatic carbocycles. The zero-order valence-electron chi connectivity index (χ0n) is 10.8. The molecule has 1 heterocycles. The minimum absolute atomic E-state index is 0.00359. The first-order valence-electron chi connectivity index (χ1n) is 6.04. The Morgan fingerprint density at radius 3 is 2.72 bits per heavy atom. The highest BCUT2D eigenvalue weighted by Gasteiger charge is 2.04. The number of nitrogens with one attached hydrogen (secondary N) is 2. The van der Waals surface area contributed by atoms with Crippen molar-refractivity contribution in [2.75, 3.05) is 11.9 Å². The fourth-order valence-electron chi connectivity index (χ4n) is 1.45. The van der Waals surface area contributed by atoms with Crippen LogP contribution in [0.4, 0.5) is 5.13 Å². The lowest BCUT2D eigenvalue weighted by Gasteiger charge is -2.03. The van der Waals surface area contributed by atoms with Gasteiger partial charge in [-0.05, 0) is 19.8 Å². The van der Waals surface area contributed by atoms with E-state index in [9.17, 15) is 9.59 Å². The molecule has 0 radical (unpaired) electrons. The third kappa shape index (κ3) is 6.34. The normalized spacial score (nSPS) is 10.1. The Kier molecular flexibility index (Phi) is 6.35. The van der Waals surface area contributed by atoms with Crippen molar-refractivity contribution in [1.82, 2.24) is 10.3 Å². The molecule has 1 aromatic rings. The Morgan fingerprint density at radius 2 is 2.11 bits per heavy atom. The SMILES string of the molecule is CC(=O)NCCCCCC(=O)Nc1ncc(C)s1. The molecule has 0 saturated carbocycles. The molecule has 0 aliphatic heterocycles. The highest BCUT2D eigenvalue weighted by atomic mass is 32.1. The molecular weight excluding hydrogens is 250 g/mol. The molecule has 0 unspecified atom stereocenters. The van der Waals surface area contributed by atoms with E-state index in [1.807, 2.05) is 6.92 Å². The Bertz CT molecular complexity index is 404. The maximum Gasteiger partial charge on any atom is 0.226 e. The second-order valence-electron chi connectivity index (χ2n) is 4.12. The van der Waals surface area contributed by atoms with E-state index in [0.29, 0.717) is 18.1 Å². The van der Waals surface area contributed by atoms with Crippen molar-refractivity contribution in [2.24, 2.45) is 0 Å². The standard InChI is InChI=1S/C12H19N3O2S/c1-9-8-14-12(18-9)15-11(17)6-4-3-5-7-13-10(2)16/h8H,3-7H2,1-2H3,(H,13,16)(H,14,15,17). The van der Waals surface area contributed by atoms with Crippen LogP contribution in [0.2, 0.25) is 0 Å². The summed E-state index contributed by atoms with van der Waals surface area (Å²) >= 11 is 1.48. The third-order valence-electron chi connectivity index (χ3n) is 2.32. The molecule has 0 saturated heterocycles. The van der Waals surface area contributed by atoms with Crippen LogP contribution in [0.1, 0.15) is 37.5 Å². The second kappa shape index (κ2) is 7.81. The number of hydrogen-bond donors (Lipinski definition) is 2. The Labute approximate surface area is 111 Å². The van der Waals surface area contributed by atoms with Gasteiger partial charge in [-0.15, -0.1) is 11.3 Å². The number of amides is 2. The molecule has 5 nitrogen and oxygen atoms in total. The lowest BCUT2D eigenvalue weighted by molar-refractivity contribution is -0.119. The van der Waals surface area contributed by atoms with Gasteiger partial charge < -0.3 is 10.6 Å². The van der Waals surface area contributed by atoms with Crippen LogP contribution in [0, 0.1) is 6.92 Å². The van der Waals surface area contributed by atoms with Gasteiger partial charge in [0.2, 0.25) is 11.8 Å². The quantitative estimate of drug-likeness (QED) is 0.744. The van der Waals surface area contributed by atoms with Gasteiger partial charge in [0, 0.05) is 31.0 Å². The molecule has 0 aliphatic rings. The summed E-state index contributed by atoms with van der Waals surface area (Å²) < 4.78 is 0. The van der Waals surface area contributed by atoms with Gasteiger partial charge in [-0.3, -0.25) is 9.59 Å². The molecule has 18 heavy (non-hydrogen) atoms. The molecule has 0 spiro atoms. The van der Waals surface area contributed by atoms with E-state index in [1.54, 1.807) is 6.20 Å². The predicted molar refractivity (Wildman–Crippen MR) is 72.6 cm³/mol. The Hall–Kier alpha value is -1.43. The number of anilines is 1. The number of nitrogens with zero attached hydrogens (tertiary/aromatic N) is 1. The summed E-state index contributed by atoms with van der Waals surface area (Å²) in [4.78, 5) is 27.3. The molecule has 0 atom stereocenters. The molecule has 2 N–H and O–H groups in total. The molecule has 0 fully saturated rings. The van der Waals surface area contributed by atoms with Crippen molar-refractivity contribution in [3.8, 4) is 0 Å². The minimum atomic E-state index is -0.00752. The molecule has 1 rings (SSSR count). The van der Waals surface area contributed by atoms with Crippen LogP contribution in [0.5, 0.6) is 0 Å². The number of unbranched alkanes of at least 4 members (excludes halogenated alkanes) is 2. The van der Waals surface area contributed by atoms with Gasteiger partial charge in [0.05, 0.1) is 0 Å². The predicted octanol–water partition coefficient (Wildman–Crippen LogP) is 2.09. The first kappa shape index (κ1) is 14.6. The summed E-state index contributed by atoms with van der Waals surface area (Å²) in [5.41, 5.74) is 0. The maximum atomic E-state index is 11.5. The fourth-order valence-corrected chi connectivity index (χ4v) is 2.13. The summed E-state index contributed by atoms with van der Waals surface area (Å²) in [5, 5.41) is 6.16. The zero-order chi connectivity index (χ0) is 13.4. The number of carbonyl (C=O) groups is 2. The number of carbonyl (C=O) groups excluding carboxylic acids is 2. The van der Waals surface area contributed by atoms with E-state index in [4.69, 9.17) is 0 Å². The van der Waals surface area contributed by atoms with Crippen molar-refractivity contribution in [1.29, 1.82) is 0 Å². The third-order valence-corrected chi connectivity index (χ3v) is 3.15. The Morgan fingerprint density at radius 1 is 1.33 bits per heavy atom. The number of hydrogen-bond acceptors (Lipinski definition) is 4. The van der Waals surface area contributed by atoms with E-state index >= 15 is 0 Å². The van der Waals surface area contributed by atoms with Crippen molar-refractivity contribution in [3.63, 3.8) is 0 Å². The van der Waals surface area contributed by atoms with Crippen molar-refractivity contribution >= 4 is 28.3 Å². The largest absolute Gasteiger partial charge is 0.356 e. The van der Waals surface area contributed by atoms with Crippen LogP contribution in [-0.2, 0) is 9.59 Å². The van der Waals surface area contributed by atoms with E-state index < -0.39 is 0 Å². The van der Waals surface area contributed by atoms with Crippen LogP contribution < -0.4 is 10.6 Å². The van der Waals surface area contributed by atoms with Crippen molar-refractivity contribution in [2.45, 2.75) is 39.5 Å². The molecule has 1 aromatic heterocycles. The van der Waals surface area contributed by atoms with Gasteiger partial charge in [0.25, 0.3) is 0 Å². The molecule has 100 valence electrons. The summed E-state index contributed by atoms with van der Waals surface area (Å²) in [6.07, 6.45) is 4.91. The van der Waals surface area contributed by atoms with E-state index in [2.05, 4.69) is 15.6 Å². The first-order chi connectivity index (χ1) is 8.58. The molecular formula is C12H19N3O2S. The fraction of sp³-hybridized carbons (Fsp3) is 0.583. The van der Waals surface area contributed by atoms with Gasteiger partial charge in [0.15, 0.2) is 5.13 Å². The van der Waals surface area contributed by atoms with Gasteiger partial charge in [0.1, 0.15) is 0 Å². The van der Waals surface area contributed by atoms with Crippen LogP contribution in [-0.4, -0.2) is 23.3 Å². The van der Waals surface area contributed by atoms with Crippen molar-refractivity contribution < 1.29 is 9.59 Å². The lowest BCUT2D eigenvalue weighted by Crippen LogP contribution is -2.20. The van der Waals surface area contributed by atoms with Gasteiger partial charge in [-0.1, -0.05) is 6.42 Å². The van der Waals surface area contributed by atoms with Gasteiger partial charge in [-0.2, -0.15) is 0 Å². The van der Waals surface area contributed by atoms with Crippen molar-refractivity contribution in [3.05, 3.63) is 11.1 Å². The van der Waals surface area contributed by atoms with Crippen LogP contribution in [0.3, 0.4) is 0 Å². The highest BCUT2D eigenvalue weighted by Crippen LogP contribution is 2.16. The zero-order valence-corrected chi connectivity index (χ0v) is 11.6. The summed E-state index contributed by atoms with van der Waals surface area (Å²) in [6.45, 7) is 4.14. The molecule has 2 amide bonds. The lowest BCUT2D eigenvalue weighted by atomic mass is 10.2. The van der Waals surface area contributed by atoms with Crippen LogP contribution >= 0.6 is 11.3 Å². The monoisotopic (exact) mass is 269 g/mol. The van der Waals surface area contributed by atoms with E-state index in [-0.39, 0.29) is 11.8 Å². The Balaban J connectivity index is 2.05. The number of thiazole rings is 1. The van der Waals surface area contributed by atoms with E-state index in [1.165, 1.54) is 18.3 Å². The van der Waals surface area contributed by atoms with Gasteiger partial charge >= 0.3 is 0 Å². The summed E-state index contributed by atoms with van der Waals surface area (Å²) in [7, 11) is 0. The molecule has 0 bridgehead atoms. The second-order valence-corrected chi connectivity index (χ2v) is 5.35. The number of aromatic nitrogens is 1. The van der Waals surface area contributed by atoms with Crippen LogP contribution in [0.25, 0.3) is 0 Å². The molecule has 6 heteroatoms. The minimum Gasteiger partial charge on any atom is -0.356 e. The topological polar surface area (TPSA) is 71.1 Å². The van der Waals surface area contributed by atoms with Gasteiger partial charge in [-0.25, -0.2) is 4.98 Å². The number of aryl methyl sites for hydroxylation is 1. The smallest absolute Gasteiger partial charge is 0.226 e. The highest BCUT2D eigenvalue weighted by molar-refractivity contribution is 7.15. The van der Waals surface area contributed by atoms with E-state index in [0.717, 1.165) is 24.1 Å². The average Bonchev–Trinajstić information content (AvgIpc) is 2.68. The number of rotatable bonds is 7. The molecule has 0 aromatic carbocycles. The van der Waals surface area contributed by atoms with Crippen LogP contribution in [0.15, 0.2) is 6.20 Å². The summed E-state index contributed by atoms with van der Waals surface area (Å²) in [6, 6.07) is 0.